The van der Waals surface area contributed by atoms with Gasteiger partial charge >= 0.3 is 0 Å². The number of amides is 1. The molecule has 0 spiro atoms. The molecule has 1 amide bonds. The molecule has 0 fully saturated rings. The van der Waals surface area contributed by atoms with Gasteiger partial charge in [-0.3, -0.25) is 9.79 Å². The maximum absolute atomic E-state index is 11.4. The average molecular weight is 382 g/mol. The molecule has 4 nitrogen and oxygen atoms in total. The number of carbonyl (C=O) groups excluding carboxylic acids is 1. The monoisotopic (exact) mass is 381 g/mol. The normalized spacial score (nSPS) is 9.43. The van der Waals surface area contributed by atoms with E-state index in [0.717, 1.165) is 30.5 Å². The van der Waals surface area contributed by atoms with E-state index in [4.69, 9.17) is 0 Å². The van der Waals surface area contributed by atoms with Gasteiger partial charge in [0, 0.05) is 31.2 Å². The van der Waals surface area contributed by atoms with Crippen LogP contribution in [0.5, 0.6) is 0 Å². The Hall–Kier alpha value is -2.88. The first kappa shape index (κ1) is 25.1. The molecule has 0 saturated heterocycles. The first-order valence-electron chi connectivity index (χ1n) is 10.0. The zero-order valence-corrected chi connectivity index (χ0v) is 17.8. The number of rotatable bonds is 10. The van der Waals surface area contributed by atoms with Gasteiger partial charge in [-0.05, 0) is 42.8 Å². The molecule has 0 saturated carbocycles. The predicted octanol–water partition coefficient (Wildman–Crippen LogP) is 5.60. The minimum absolute atomic E-state index is 0.677. The molecule has 0 aromatic heterocycles. The van der Waals surface area contributed by atoms with Crippen LogP contribution in [0.1, 0.15) is 45.2 Å². The molecule has 0 aliphatic heterocycles. The van der Waals surface area contributed by atoms with Gasteiger partial charge in [0.25, 0.3) is 0 Å². The zero-order valence-electron chi connectivity index (χ0n) is 17.8. The minimum atomic E-state index is 0.677. The van der Waals surface area contributed by atoms with E-state index in [1.54, 1.807) is 17.3 Å². The highest BCUT2D eigenvalue weighted by molar-refractivity contribution is 5.75. The van der Waals surface area contributed by atoms with Crippen LogP contribution in [0, 0.1) is 0 Å². The lowest BCUT2D eigenvalue weighted by Gasteiger charge is -2.18. The van der Waals surface area contributed by atoms with Crippen molar-refractivity contribution in [1.29, 1.82) is 0 Å². The number of benzene rings is 2. The lowest BCUT2D eigenvalue weighted by atomic mass is 10.1. The van der Waals surface area contributed by atoms with Crippen LogP contribution in [0.2, 0.25) is 0 Å². The van der Waals surface area contributed by atoms with Crippen molar-refractivity contribution in [3.05, 3.63) is 78.1 Å². The molecule has 0 unspecified atom stereocenters. The lowest BCUT2D eigenvalue weighted by Crippen LogP contribution is -2.23. The summed E-state index contributed by atoms with van der Waals surface area (Å²) in [4.78, 5) is 16.8. The molecule has 0 atom stereocenters. The molecule has 0 radical (unpaired) electrons. The fraction of sp³-hybridized carbons (Fsp3) is 0.333. The van der Waals surface area contributed by atoms with Crippen molar-refractivity contribution in [2.45, 2.75) is 47.1 Å². The second kappa shape index (κ2) is 17.5. The Morgan fingerprint density at radius 1 is 1.00 bits per heavy atom. The van der Waals surface area contributed by atoms with Gasteiger partial charge in [0.2, 0.25) is 6.41 Å². The van der Waals surface area contributed by atoms with Gasteiger partial charge in [0.05, 0.1) is 0 Å². The van der Waals surface area contributed by atoms with Gasteiger partial charge in [-0.2, -0.15) is 0 Å². The Kier molecular flexibility index (Phi) is 15.7. The van der Waals surface area contributed by atoms with Crippen LogP contribution in [0.15, 0.2) is 72.0 Å². The Morgan fingerprint density at radius 3 is 2.32 bits per heavy atom. The predicted molar refractivity (Wildman–Crippen MR) is 123 cm³/mol. The Bertz CT molecular complexity index is 669. The summed E-state index contributed by atoms with van der Waals surface area (Å²) in [6.45, 7) is 12.8. The smallest absolute Gasteiger partial charge is 0.214 e. The van der Waals surface area contributed by atoms with Crippen molar-refractivity contribution < 1.29 is 4.79 Å². The summed E-state index contributed by atoms with van der Waals surface area (Å²) >= 11 is 0. The summed E-state index contributed by atoms with van der Waals surface area (Å²) in [5.74, 6) is 0. The molecule has 0 aliphatic rings. The number of aliphatic imine (C=N–C) groups is 1. The molecule has 0 heterocycles. The molecule has 2 rings (SSSR count). The lowest BCUT2D eigenvalue weighted by molar-refractivity contribution is -0.107. The van der Waals surface area contributed by atoms with Gasteiger partial charge in [-0.15, -0.1) is 0 Å². The first-order valence-corrected chi connectivity index (χ1v) is 10.0. The van der Waals surface area contributed by atoms with Crippen molar-refractivity contribution in [3.8, 4) is 0 Å². The molecule has 2 aromatic rings. The van der Waals surface area contributed by atoms with Crippen LogP contribution in [0.25, 0.3) is 0 Å². The Labute approximate surface area is 171 Å². The Balaban J connectivity index is 0.00000171. The highest BCUT2D eigenvalue weighted by Gasteiger charge is 2.06. The van der Waals surface area contributed by atoms with E-state index in [9.17, 15) is 4.79 Å². The quantitative estimate of drug-likeness (QED) is 0.430. The number of nitrogens with zero attached hydrogens (tertiary/aromatic N) is 2. The standard InChI is InChI=1S/C20H23N3O.2C2H6/c1-21-12-13-22-16-19-9-5-11-20(15-19)23(17-24)14-6-10-18-7-3-2-4-8-18;2*1-2/h2-5,7-9,11-13,15,17,22H,1,6,10,14,16H2;2*1-2H3/b13-12-;;. The second-order valence-electron chi connectivity index (χ2n) is 5.44. The van der Waals surface area contributed by atoms with Gasteiger partial charge < -0.3 is 10.2 Å². The third kappa shape index (κ3) is 10.3. The molecular weight excluding hydrogens is 346 g/mol. The molecule has 0 bridgehead atoms. The third-order valence-electron chi connectivity index (χ3n) is 3.68. The number of aryl methyl sites for hydroxylation is 1. The van der Waals surface area contributed by atoms with Gasteiger partial charge in [0.15, 0.2) is 0 Å². The fourth-order valence-electron chi connectivity index (χ4n) is 2.47. The first-order chi connectivity index (χ1) is 13.8. The SMILES string of the molecule is C=N/C=C\NCc1cccc(N(C=O)CCCc2ccccc2)c1.CC.CC. The van der Waals surface area contributed by atoms with Crippen molar-refractivity contribution in [1.82, 2.24) is 5.32 Å². The van der Waals surface area contributed by atoms with Crippen LogP contribution < -0.4 is 10.2 Å². The molecule has 4 heteroatoms. The maximum atomic E-state index is 11.4. The van der Waals surface area contributed by atoms with Crippen molar-refractivity contribution in [2.24, 2.45) is 4.99 Å². The van der Waals surface area contributed by atoms with Crippen molar-refractivity contribution >= 4 is 18.8 Å². The minimum Gasteiger partial charge on any atom is -0.386 e. The number of carbonyl (C=O) groups is 1. The Morgan fingerprint density at radius 2 is 1.68 bits per heavy atom. The van der Waals surface area contributed by atoms with Crippen LogP contribution in [0.4, 0.5) is 5.69 Å². The van der Waals surface area contributed by atoms with Crippen LogP contribution in [-0.2, 0) is 17.8 Å². The van der Waals surface area contributed by atoms with Crippen LogP contribution in [0.3, 0.4) is 0 Å². The van der Waals surface area contributed by atoms with E-state index in [1.807, 2.05) is 70.2 Å². The van der Waals surface area contributed by atoms with Gasteiger partial charge in [-0.25, -0.2) is 0 Å². The third-order valence-corrected chi connectivity index (χ3v) is 3.68. The zero-order chi connectivity index (χ0) is 21.0. The molecule has 0 aliphatic carbocycles. The van der Waals surface area contributed by atoms with Gasteiger partial charge in [0.1, 0.15) is 0 Å². The van der Waals surface area contributed by atoms with Crippen molar-refractivity contribution in [3.63, 3.8) is 0 Å². The van der Waals surface area contributed by atoms with E-state index >= 15 is 0 Å². The molecule has 2 aromatic carbocycles. The van der Waals surface area contributed by atoms with Crippen LogP contribution in [-0.4, -0.2) is 19.7 Å². The number of nitrogens with one attached hydrogen (secondary N) is 1. The molecule has 1 N–H and O–H groups in total. The van der Waals surface area contributed by atoms with E-state index in [-0.39, 0.29) is 0 Å². The highest BCUT2D eigenvalue weighted by Crippen LogP contribution is 2.16. The van der Waals surface area contributed by atoms with E-state index < -0.39 is 0 Å². The molecule has 152 valence electrons. The summed E-state index contributed by atoms with van der Waals surface area (Å²) in [5.41, 5.74) is 3.32. The van der Waals surface area contributed by atoms with E-state index in [2.05, 4.69) is 29.2 Å². The van der Waals surface area contributed by atoms with E-state index in [0.29, 0.717) is 13.1 Å². The maximum Gasteiger partial charge on any atom is 0.214 e. The fourth-order valence-corrected chi connectivity index (χ4v) is 2.47. The van der Waals surface area contributed by atoms with Gasteiger partial charge in [-0.1, -0.05) is 70.2 Å². The largest absolute Gasteiger partial charge is 0.386 e. The van der Waals surface area contributed by atoms with Crippen molar-refractivity contribution in [2.75, 3.05) is 11.4 Å². The number of hydrogen-bond donors (Lipinski definition) is 1. The molecule has 28 heavy (non-hydrogen) atoms. The summed E-state index contributed by atoms with van der Waals surface area (Å²) < 4.78 is 0. The average Bonchev–Trinajstić information content (AvgIpc) is 2.78. The molecular formula is C24H35N3O. The highest BCUT2D eigenvalue weighted by atomic mass is 16.1. The van der Waals surface area contributed by atoms with E-state index in [1.165, 1.54) is 5.56 Å². The second-order valence-corrected chi connectivity index (χ2v) is 5.44. The summed E-state index contributed by atoms with van der Waals surface area (Å²) in [5, 5.41) is 3.13. The topological polar surface area (TPSA) is 44.7 Å². The summed E-state index contributed by atoms with van der Waals surface area (Å²) in [6.07, 6.45) is 6.14. The summed E-state index contributed by atoms with van der Waals surface area (Å²) in [6, 6.07) is 18.3. The van der Waals surface area contributed by atoms with Crippen LogP contribution >= 0.6 is 0 Å². The number of hydrogen-bond acceptors (Lipinski definition) is 3. The summed E-state index contributed by atoms with van der Waals surface area (Å²) in [7, 11) is 0. The number of anilines is 1.